The van der Waals surface area contributed by atoms with Crippen molar-refractivity contribution in [3.05, 3.63) is 36.5 Å². The van der Waals surface area contributed by atoms with Crippen LogP contribution < -0.4 is 0 Å². The number of carbonyl (C=O) groups excluding carboxylic acids is 3. The molecular weight excluding hydrogens is 636 g/mol. The predicted molar refractivity (Wildman–Crippen MR) is 215 cm³/mol. The number of carbonyl (C=O) groups is 3. The summed E-state index contributed by atoms with van der Waals surface area (Å²) in [5.41, 5.74) is 0. The van der Waals surface area contributed by atoms with E-state index in [4.69, 9.17) is 14.2 Å². The van der Waals surface area contributed by atoms with Gasteiger partial charge in [0.1, 0.15) is 13.2 Å². The summed E-state index contributed by atoms with van der Waals surface area (Å²) in [7, 11) is 0. The molecule has 0 amide bonds. The predicted octanol–water partition coefficient (Wildman–Crippen LogP) is 13.4. The van der Waals surface area contributed by atoms with E-state index in [1.807, 2.05) is 0 Å². The first kappa shape index (κ1) is 48.6. The summed E-state index contributed by atoms with van der Waals surface area (Å²) in [6.45, 7) is 6.46. The molecule has 0 aliphatic heterocycles. The summed E-state index contributed by atoms with van der Waals surface area (Å²) in [5, 5.41) is 0. The Bertz CT molecular complexity index is 876. The lowest BCUT2D eigenvalue weighted by atomic mass is 10.1. The maximum atomic E-state index is 12.6. The van der Waals surface area contributed by atoms with Gasteiger partial charge in [0, 0.05) is 19.3 Å². The molecule has 0 aromatic heterocycles. The second kappa shape index (κ2) is 40.4. The quantitative estimate of drug-likeness (QED) is 0.0274. The molecule has 6 nitrogen and oxygen atoms in total. The third-order valence-electron chi connectivity index (χ3n) is 9.16. The van der Waals surface area contributed by atoms with Gasteiger partial charge in [-0.05, 0) is 51.4 Å². The fourth-order valence-corrected chi connectivity index (χ4v) is 5.93. The van der Waals surface area contributed by atoms with Crippen molar-refractivity contribution in [2.45, 2.75) is 219 Å². The second-order valence-corrected chi connectivity index (χ2v) is 14.2. The Hall–Kier alpha value is -2.37. The fraction of sp³-hybridized carbons (Fsp3) is 0.800. The molecule has 51 heavy (non-hydrogen) atoms. The molecule has 0 N–H and O–H groups in total. The van der Waals surface area contributed by atoms with Crippen molar-refractivity contribution >= 4 is 17.9 Å². The van der Waals surface area contributed by atoms with Gasteiger partial charge in [0.25, 0.3) is 0 Å². The van der Waals surface area contributed by atoms with Crippen LogP contribution in [-0.4, -0.2) is 37.2 Å². The Balaban J connectivity index is 4.34. The zero-order valence-corrected chi connectivity index (χ0v) is 33.6. The van der Waals surface area contributed by atoms with Crippen molar-refractivity contribution < 1.29 is 28.6 Å². The van der Waals surface area contributed by atoms with E-state index in [1.54, 1.807) is 0 Å². The van der Waals surface area contributed by atoms with Gasteiger partial charge < -0.3 is 14.2 Å². The molecule has 296 valence electrons. The van der Waals surface area contributed by atoms with Crippen LogP contribution in [0.25, 0.3) is 0 Å². The van der Waals surface area contributed by atoms with Crippen LogP contribution in [-0.2, 0) is 28.6 Å². The molecule has 1 atom stereocenters. The largest absolute Gasteiger partial charge is 0.462 e. The molecule has 0 fully saturated rings. The highest BCUT2D eigenvalue weighted by molar-refractivity contribution is 5.71. The van der Waals surface area contributed by atoms with E-state index in [2.05, 4.69) is 57.2 Å². The Morgan fingerprint density at radius 1 is 0.412 bits per heavy atom. The SMILES string of the molecule is CC/C=C\C/C=C\C/C=C\CCCCCCCC(=O)OC[C@@H](COC(=O)CCCCCCCCCCC)OC(=O)CCCCCCCCCCC. The molecular formula is C45H80O6. The summed E-state index contributed by atoms with van der Waals surface area (Å²) in [6.07, 6.45) is 44.1. The van der Waals surface area contributed by atoms with Crippen LogP contribution >= 0.6 is 0 Å². The first-order chi connectivity index (χ1) is 25.0. The summed E-state index contributed by atoms with van der Waals surface area (Å²) in [5.74, 6) is -0.899. The minimum atomic E-state index is -0.770. The highest BCUT2D eigenvalue weighted by Crippen LogP contribution is 2.14. The molecule has 0 rings (SSSR count). The van der Waals surface area contributed by atoms with Gasteiger partial charge in [0.15, 0.2) is 6.10 Å². The van der Waals surface area contributed by atoms with Crippen molar-refractivity contribution in [2.75, 3.05) is 13.2 Å². The van der Waals surface area contributed by atoms with Crippen LogP contribution in [0.15, 0.2) is 36.5 Å². The smallest absolute Gasteiger partial charge is 0.306 e. The van der Waals surface area contributed by atoms with Crippen LogP contribution in [0.5, 0.6) is 0 Å². The van der Waals surface area contributed by atoms with E-state index in [9.17, 15) is 14.4 Å². The van der Waals surface area contributed by atoms with Gasteiger partial charge in [0.2, 0.25) is 0 Å². The number of unbranched alkanes of at least 4 members (excludes halogenated alkanes) is 21. The minimum Gasteiger partial charge on any atom is -0.462 e. The molecule has 0 bridgehead atoms. The first-order valence-corrected chi connectivity index (χ1v) is 21.5. The lowest BCUT2D eigenvalue weighted by molar-refractivity contribution is -0.167. The second-order valence-electron chi connectivity index (χ2n) is 14.2. The lowest BCUT2D eigenvalue weighted by Crippen LogP contribution is -2.30. The third kappa shape index (κ3) is 38.7. The Morgan fingerprint density at radius 2 is 0.765 bits per heavy atom. The van der Waals surface area contributed by atoms with Crippen molar-refractivity contribution in [1.82, 2.24) is 0 Å². The lowest BCUT2D eigenvalue weighted by Gasteiger charge is -2.18. The molecule has 0 aliphatic carbocycles. The molecule has 6 heteroatoms. The fourth-order valence-electron chi connectivity index (χ4n) is 5.93. The van der Waals surface area contributed by atoms with Crippen molar-refractivity contribution in [1.29, 1.82) is 0 Å². The van der Waals surface area contributed by atoms with Crippen LogP contribution in [0.3, 0.4) is 0 Å². The van der Waals surface area contributed by atoms with Crippen molar-refractivity contribution in [2.24, 2.45) is 0 Å². The topological polar surface area (TPSA) is 78.9 Å². The maximum absolute atomic E-state index is 12.6. The van der Waals surface area contributed by atoms with E-state index < -0.39 is 6.10 Å². The van der Waals surface area contributed by atoms with Crippen LogP contribution in [0, 0.1) is 0 Å². The van der Waals surface area contributed by atoms with E-state index in [-0.39, 0.29) is 31.1 Å². The first-order valence-electron chi connectivity index (χ1n) is 21.5. The van der Waals surface area contributed by atoms with E-state index in [0.29, 0.717) is 19.3 Å². The number of hydrogen-bond acceptors (Lipinski definition) is 6. The van der Waals surface area contributed by atoms with Gasteiger partial charge in [-0.15, -0.1) is 0 Å². The van der Waals surface area contributed by atoms with Crippen molar-refractivity contribution in [3.8, 4) is 0 Å². The molecule has 0 aromatic rings. The number of esters is 3. The van der Waals surface area contributed by atoms with Gasteiger partial charge >= 0.3 is 17.9 Å². The molecule has 0 saturated heterocycles. The summed E-state index contributed by atoms with van der Waals surface area (Å²) in [6, 6.07) is 0. The maximum Gasteiger partial charge on any atom is 0.306 e. The van der Waals surface area contributed by atoms with Crippen LogP contribution in [0.4, 0.5) is 0 Å². The highest BCUT2D eigenvalue weighted by atomic mass is 16.6. The van der Waals surface area contributed by atoms with Gasteiger partial charge in [-0.3, -0.25) is 14.4 Å². The average molecular weight is 717 g/mol. The third-order valence-corrected chi connectivity index (χ3v) is 9.16. The highest BCUT2D eigenvalue weighted by Gasteiger charge is 2.19. The molecule has 0 radical (unpaired) electrons. The zero-order chi connectivity index (χ0) is 37.3. The van der Waals surface area contributed by atoms with Gasteiger partial charge in [-0.1, -0.05) is 179 Å². The monoisotopic (exact) mass is 717 g/mol. The molecule has 0 aromatic carbocycles. The Morgan fingerprint density at radius 3 is 1.20 bits per heavy atom. The zero-order valence-electron chi connectivity index (χ0n) is 33.6. The standard InChI is InChI=1S/C45H80O6/c1-4-7-10-13-16-19-20-21-22-23-24-27-29-32-35-38-44(47)50-41-42(51-45(48)39-36-33-30-26-18-15-12-9-6-3)40-49-43(46)37-34-31-28-25-17-14-11-8-5-2/h7,10,16,19,21-22,42H,4-6,8-9,11-15,17-18,20,23-41H2,1-3H3/b10-7-,19-16-,22-21-/t42-/m1/s1. The minimum absolute atomic E-state index is 0.0753. The number of rotatable bonds is 38. The number of ether oxygens (including phenoxy) is 3. The Labute approximate surface area is 315 Å². The summed E-state index contributed by atoms with van der Waals surface area (Å²) >= 11 is 0. The van der Waals surface area contributed by atoms with Crippen molar-refractivity contribution in [3.63, 3.8) is 0 Å². The van der Waals surface area contributed by atoms with E-state index in [1.165, 1.54) is 77.0 Å². The number of hydrogen-bond donors (Lipinski definition) is 0. The molecule has 0 spiro atoms. The Kier molecular flexibility index (Phi) is 38.5. The normalized spacial score (nSPS) is 12.3. The molecule has 0 aliphatic rings. The van der Waals surface area contributed by atoms with Gasteiger partial charge in [-0.2, -0.15) is 0 Å². The van der Waals surface area contributed by atoms with Crippen LogP contribution in [0.2, 0.25) is 0 Å². The van der Waals surface area contributed by atoms with E-state index >= 15 is 0 Å². The van der Waals surface area contributed by atoms with E-state index in [0.717, 1.165) is 96.3 Å². The summed E-state index contributed by atoms with van der Waals surface area (Å²) < 4.78 is 16.6. The van der Waals surface area contributed by atoms with Gasteiger partial charge in [-0.25, -0.2) is 0 Å². The molecule has 0 saturated carbocycles. The van der Waals surface area contributed by atoms with Crippen LogP contribution in [0.1, 0.15) is 213 Å². The molecule has 0 unspecified atom stereocenters. The average Bonchev–Trinajstić information content (AvgIpc) is 3.12. The van der Waals surface area contributed by atoms with Gasteiger partial charge in [0.05, 0.1) is 0 Å². The summed E-state index contributed by atoms with van der Waals surface area (Å²) in [4.78, 5) is 37.5. The number of allylic oxidation sites excluding steroid dienone is 6. The molecule has 0 heterocycles.